The molecule has 0 saturated heterocycles. The Balaban J connectivity index is 2.61. The number of rotatable bonds is 3. The first-order valence-corrected chi connectivity index (χ1v) is 4.94. The van der Waals surface area contributed by atoms with Gasteiger partial charge < -0.3 is 4.74 Å². The number of benzene rings is 1. The lowest BCUT2D eigenvalue weighted by Crippen LogP contribution is -1.95. The van der Waals surface area contributed by atoms with E-state index >= 15 is 0 Å². The summed E-state index contributed by atoms with van der Waals surface area (Å²) < 4.78 is 6.76. The number of aryl methyl sites for hydroxylation is 1. The van der Waals surface area contributed by atoms with Crippen LogP contribution in [0.5, 0.6) is 5.75 Å². The van der Waals surface area contributed by atoms with Gasteiger partial charge >= 0.3 is 5.69 Å². The average Bonchev–Trinajstić information content (AvgIpc) is 2.74. The van der Waals surface area contributed by atoms with E-state index in [9.17, 15) is 10.1 Å². The quantitative estimate of drug-likeness (QED) is 0.600. The molecule has 0 N–H and O–H groups in total. The van der Waals surface area contributed by atoms with Crippen LogP contribution in [0.4, 0.5) is 5.69 Å². The highest BCUT2D eigenvalue weighted by Gasteiger charge is 2.19. The molecule has 6 nitrogen and oxygen atoms in total. The van der Waals surface area contributed by atoms with E-state index in [1.54, 1.807) is 36.3 Å². The molecule has 0 aliphatic heterocycles. The van der Waals surface area contributed by atoms with Crippen molar-refractivity contribution in [1.29, 1.82) is 0 Å². The molecular formula is C11H11N3O3. The third kappa shape index (κ3) is 1.96. The Kier molecular flexibility index (Phi) is 2.78. The summed E-state index contributed by atoms with van der Waals surface area (Å²) in [7, 11) is 3.20. The van der Waals surface area contributed by atoms with Gasteiger partial charge in [0.15, 0.2) is 0 Å². The van der Waals surface area contributed by atoms with E-state index in [0.29, 0.717) is 5.56 Å². The van der Waals surface area contributed by atoms with Crippen LogP contribution in [0.15, 0.2) is 30.6 Å². The second kappa shape index (κ2) is 4.25. The van der Waals surface area contributed by atoms with Crippen molar-refractivity contribution in [2.45, 2.75) is 0 Å². The van der Waals surface area contributed by atoms with Gasteiger partial charge in [-0.2, -0.15) is 5.10 Å². The highest BCUT2D eigenvalue weighted by molar-refractivity contribution is 5.74. The van der Waals surface area contributed by atoms with Crippen molar-refractivity contribution in [2.75, 3.05) is 7.11 Å². The highest BCUT2D eigenvalue weighted by atomic mass is 16.6. The Morgan fingerprint density at radius 1 is 1.47 bits per heavy atom. The largest absolute Gasteiger partial charge is 0.490 e. The van der Waals surface area contributed by atoms with Crippen LogP contribution >= 0.6 is 0 Å². The Morgan fingerprint density at radius 3 is 2.76 bits per heavy atom. The fraction of sp³-hybridized carbons (Fsp3) is 0.182. The van der Waals surface area contributed by atoms with Gasteiger partial charge in [0.05, 0.1) is 18.2 Å². The Labute approximate surface area is 97.6 Å². The lowest BCUT2D eigenvalue weighted by atomic mass is 10.1. The van der Waals surface area contributed by atoms with Gasteiger partial charge in [0.1, 0.15) is 0 Å². The lowest BCUT2D eigenvalue weighted by Gasteiger charge is -2.06. The van der Waals surface area contributed by atoms with Crippen molar-refractivity contribution in [2.24, 2.45) is 7.05 Å². The maximum atomic E-state index is 10.9. The van der Waals surface area contributed by atoms with Gasteiger partial charge in [-0.15, -0.1) is 0 Å². The molecule has 0 spiro atoms. The van der Waals surface area contributed by atoms with Crippen molar-refractivity contribution in [3.63, 3.8) is 0 Å². The third-order valence-corrected chi connectivity index (χ3v) is 2.41. The molecule has 17 heavy (non-hydrogen) atoms. The van der Waals surface area contributed by atoms with Crippen LogP contribution in [0.25, 0.3) is 11.1 Å². The minimum Gasteiger partial charge on any atom is -0.490 e. The summed E-state index contributed by atoms with van der Waals surface area (Å²) in [5, 5.41) is 14.9. The van der Waals surface area contributed by atoms with Crippen molar-refractivity contribution in [1.82, 2.24) is 9.78 Å². The molecule has 0 saturated carbocycles. The van der Waals surface area contributed by atoms with E-state index in [0.717, 1.165) is 5.56 Å². The van der Waals surface area contributed by atoms with Crippen LogP contribution < -0.4 is 4.74 Å². The SMILES string of the molecule is COc1c(-c2cnn(C)c2)cccc1[N+](=O)[O-]. The number of nitrogens with zero attached hydrogens (tertiary/aromatic N) is 3. The Morgan fingerprint density at radius 2 is 2.24 bits per heavy atom. The maximum Gasteiger partial charge on any atom is 0.311 e. The minimum atomic E-state index is -0.460. The standard InChI is InChI=1S/C11H11N3O3/c1-13-7-8(6-12-13)9-4-3-5-10(14(15)16)11(9)17-2/h3-7H,1-2H3. The highest BCUT2D eigenvalue weighted by Crippen LogP contribution is 2.37. The van der Waals surface area contributed by atoms with Gasteiger partial charge in [-0.3, -0.25) is 14.8 Å². The van der Waals surface area contributed by atoms with Gasteiger partial charge in [0, 0.05) is 30.4 Å². The average molecular weight is 233 g/mol. The van der Waals surface area contributed by atoms with Crippen molar-refractivity contribution < 1.29 is 9.66 Å². The minimum absolute atomic E-state index is 0.0474. The molecule has 0 radical (unpaired) electrons. The monoisotopic (exact) mass is 233 g/mol. The number of aromatic nitrogens is 2. The third-order valence-electron chi connectivity index (χ3n) is 2.41. The molecule has 1 heterocycles. The van der Waals surface area contributed by atoms with Gasteiger partial charge in [-0.25, -0.2) is 0 Å². The predicted octanol–water partition coefficient (Wildman–Crippen LogP) is 2.00. The summed E-state index contributed by atoms with van der Waals surface area (Å²) >= 11 is 0. The van der Waals surface area contributed by atoms with E-state index < -0.39 is 4.92 Å². The summed E-state index contributed by atoms with van der Waals surface area (Å²) in [4.78, 5) is 10.4. The van der Waals surface area contributed by atoms with E-state index in [4.69, 9.17) is 4.74 Å². The molecule has 0 unspecified atom stereocenters. The number of hydrogen-bond acceptors (Lipinski definition) is 4. The molecule has 0 bridgehead atoms. The van der Waals surface area contributed by atoms with E-state index in [2.05, 4.69) is 5.10 Å². The molecule has 0 aliphatic rings. The van der Waals surface area contributed by atoms with E-state index in [-0.39, 0.29) is 11.4 Å². The second-order valence-electron chi connectivity index (χ2n) is 3.52. The second-order valence-corrected chi connectivity index (χ2v) is 3.52. The number of para-hydroxylation sites is 1. The maximum absolute atomic E-state index is 10.9. The number of methoxy groups -OCH3 is 1. The van der Waals surface area contributed by atoms with Crippen LogP contribution in [0.2, 0.25) is 0 Å². The predicted molar refractivity (Wildman–Crippen MR) is 61.9 cm³/mol. The fourth-order valence-corrected chi connectivity index (χ4v) is 1.67. The molecule has 1 aromatic heterocycles. The fourth-order valence-electron chi connectivity index (χ4n) is 1.67. The number of nitro benzene ring substituents is 1. The van der Waals surface area contributed by atoms with Crippen molar-refractivity contribution in [3.8, 4) is 16.9 Å². The van der Waals surface area contributed by atoms with Gasteiger partial charge in [-0.1, -0.05) is 12.1 Å². The molecule has 0 aliphatic carbocycles. The van der Waals surface area contributed by atoms with Gasteiger partial charge in [0.2, 0.25) is 5.75 Å². The Hall–Kier alpha value is -2.37. The molecule has 0 atom stereocenters. The van der Waals surface area contributed by atoms with Crippen molar-refractivity contribution >= 4 is 5.69 Å². The molecule has 2 aromatic rings. The number of hydrogen-bond donors (Lipinski definition) is 0. The zero-order valence-electron chi connectivity index (χ0n) is 9.45. The first-order chi connectivity index (χ1) is 8.13. The normalized spacial score (nSPS) is 10.2. The molecule has 2 rings (SSSR count). The molecule has 88 valence electrons. The topological polar surface area (TPSA) is 70.2 Å². The summed E-state index contributed by atoms with van der Waals surface area (Å²) in [5.74, 6) is 0.255. The van der Waals surface area contributed by atoms with Crippen molar-refractivity contribution in [3.05, 3.63) is 40.7 Å². The zero-order chi connectivity index (χ0) is 12.4. The smallest absolute Gasteiger partial charge is 0.311 e. The van der Waals surface area contributed by atoms with Crippen LogP contribution in [-0.4, -0.2) is 21.8 Å². The summed E-state index contributed by atoms with van der Waals surface area (Å²) in [5.41, 5.74) is 1.40. The number of nitro groups is 1. The van der Waals surface area contributed by atoms with Gasteiger partial charge in [-0.05, 0) is 0 Å². The summed E-state index contributed by atoms with van der Waals surface area (Å²) in [6.07, 6.45) is 3.42. The van der Waals surface area contributed by atoms with Crippen LogP contribution in [0.1, 0.15) is 0 Å². The van der Waals surface area contributed by atoms with Crippen LogP contribution in [0, 0.1) is 10.1 Å². The van der Waals surface area contributed by atoms with Crippen LogP contribution in [-0.2, 0) is 7.05 Å². The molecular weight excluding hydrogens is 222 g/mol. The lowest BCUT2D eigenvalue weighted by molar-refractivity contribution is -0.385. The summed E-state index contributed by atoms with van der Waals surface area (Å²) in [6, 6.07) is 4.81. The van der Waals surface area contributed by atoms with E-state index in [1.807, 2.05) is 0 Å². The first-order valence-electron chi connectivity index (χ1n) is 4.94. The number of ether oxygens (including phenoxy) is 1. The Bertz CT molecular complexity index is 563. The molecule has 6 heteroatoms. The van der Waals surface area contributed by atoms with Gasteiger partial charge in [0.25, 0.3) is 0 Å². The van der Waals surface area contributed by atoms with E-state index in [1.165, 1.54) is 13.2 Å². The molecule has 0 fully saturated rings. The molecule has 1 aromatic carbocycles. The zero-order valence-corrected chi connectivity index (χ0v) is 9.45. The summed E-state index contributed by atoms with van der Waals surface area (Å²) in [6.45, 7) is 0. The molecule has 0 amide bonds. The van der Waals surface area contributed by atoms with Crippen LogP contribution in [0.3, 0.4) is 0 Å². The first kappa shape index (κ1) is 11.1.